The SMILES string of the molecule is C=CC(=O)OC(CC)COc1c2c(c(OCC(CC)OC(=O)C=C)c3c(CC)cccc13)C1CCC2C1C. The zero-order valence-corrected chi connectivity index (χ0v) is 23.1. The maximum atomic E-state index is 11.9. The van der Waals surface area contributed by atoms with Gasteiger partial charge in [-0.15, -0.1) is 0 Å². The summed E-state index contributed by atoms with van der Waals surface area (Å²) in [5.41, 5.74) is 3.64. The number of hydrogen-bond donors (Lipinski definition) is 0. The van der Waals surface area contributed by atoms with Gasteiger partial charge in [0.15, 0.2) is 0 Å². The minimum atomic E-state index is -0.442. The Balaban J connectivity index is 1.81. The lowest BCUT2D eigenvalue weighted by molar-refractivity contribution is -0.145. The second-order valence-corrected chi connectivity index (χ2v) is 10.3. The lowest BCUT2D eigenvalue weighted by Crippen LogP contribution is -2.25. The van der Waals surface area contributed by atoms with E-state index in [4.69, 9.17) is 18.9 Å². The number of carbonyl (C=O) groups excluding carboxylic acids is 2. The molecule has 6 nitrogen and oxygen atoms in total. The lowest BCUT2D eigenvalue weighted by atomic mass is 9.85. The summed E-state index contributed by atoms with van der Waals surface area (Å²) in [6.45, 7) is 16.0. The average Bonchev–Trinajstić information content (AvgIpc) is 3.44. The van der Waals surface area contributed by atoms with Gasteiger partial charge in [-0.1, -0.05) is 59.1 Å². The molecule has 5 unspecified atom stereocenters. The summed E-state index contributed by atoms with van der Waals surface area (Å²) in [6.07, 6.45) is 6.01. The Labute approximate surface area is 226 Å². The fourth-order valence-corrected chi connectivity index (χ4v) is 6.15. The first kappa shape index (κ1) is 27.7. The van der Waals surface area contributed by atoms with Gasteiger partial charge in [0.1, 0.15) is 36.9 Å². The standard InChI is InChI=1S/C32H40O6/c1-7-20-13-12-14-25-28(20)32(36-18-22(9-3)38-27(34)11-5)30-24-16-15-23(19(24)6)29(30)31(25)35-17-21(8-2)37-26(33)10-4/h10-14,19,21-24H,4-5,7-9,15-18H2,1-3,6H3. The van der Waals surface area contributed by atoms with Crippen molar-refractivity contribution in [2.24, 2.45) is 5.92 Å². The van der Waals surface area contributed by atoms with E-state index in [0.29, 0.717) is 30.6 Å². The molecule has 0 radical (unpaired) electrons. The molecular weight excluding hydrogens is 480 g/mol. The quantitative estimate of drug-likeness (QED) is 0.214. The van der Waals surface area contributed by atoms with Crippen LogP contribution in [0.1, 0.15) is 81.9 Å². The van der Waals surface area contributed by atoms with E-state index in [1.165, 1.54) is 28.8 Å². The summed E-state index contributed by atoms with van der Waals surface area (Å²) in [5, 5.41) is 2.07. The zero-order chi connectivity index (χ0) is 27.4. The molecule has 2 aromatic rings. The lowest BCUT2D eigenvalue weighted by Gasteiger charge is -2.28. The van der Waals surface area contributed by atoms with Crippen LogP contribution < -0.4 is 9.47 Å². The largest absolute Gasteiger partial charge is 0.489 e. The van der Waals surface area contributed by atoms with Gasteiger partial charge < -0.3 is 18.9 Å². The molecule has 0 aromatic heterocycles. The molecule has 1 fully saturated rings. The van der Waals surface area contributed by atoms with Crippen LogP contribution in [0.5, 0.6) is 11.5 Å². The van der Waals surface area contributed by atoms with Crippen LogP contribution in [0.25, 0.3) is 10.8 Å². The van der Waals surface area contributed by atoms with Crippen LogP contribution >= 0.6 is 0 Å². The van der Waals surface area contributed by atoms with Gasteiger partial charge >= 0.3 is 11.9 Å². The molecule has 4 rings (SSSR count). The van der Waals surface area contributed by atoms with Crippen LogP contribution in [-0.4, -0.2) is 37.4 Å². The Hall–Kier alpha value is -3.28. The van der Waals surface area contributed by atoms with Gasteiger partial charge in [0.2, 0.25) is 0 Å². The van der Waals surface area contributed by atoms with Crippen molar-refractivity contribution in [3.05, 3.63) is 60.2 Å². The summed E-state index contributed by atoms with van der Waals surface area (Å²) in [5.74, 6) is 2.16. The molecule has 6 heteroatoms. The van der Waals surface area contributed by atoms with E-state index in [9.17, 15) is 9.59 Å². The van der Waals surface area contributed by atoms with E-state index in [-0.39, 0.29) is 25.4 Å². The van der Waals surface area contributed by atoms with E-state index in [1.807, 2.05) is 13.8 Å². The number of esters is 2. The molecule has 0 heterocycles. The van der Waals surface area contributed by atoms with E-state index < -0.39 is 11.9 Å². The van der Waals surface area contributed by atoms with Crippen molar-refractivity contribution >= 4 is 22.7 Å². The van der Waals surface area contributed by atoms with E-state index in [2.05, 4.69) is 45.2 Å². The van der Waals surface area contributed by atoms with Crippen LogP contribution in [0.4, 0.5) is 0 Å². The first-order chi connectivity index (χ1) is 18.4. The van der Waals surface area contributed by atoms with Gasteiger partial charge in [-0.3, -0.25) is 0 Å². The van der Waals surface area contributed by atoms with E-state index >= 15 is 0 Å². The molecule has 204 valence electrons. The summed E-state index contributed by atoms with van der Waals surface area (Å²) in [6, 6.07) is 6.30. The Bertz CT molecular complexity index is 1210. The summed E-state index contributed by atoms with van der Waals surface area (Å²) in [4.78, 5) is 23.7. The summed E-state index contributed by atoms with van der Waals surface area (Å²) in [7, 11) is 0. The zero-order valence-electron chi connectivity index (χ0n) is 23.1. The topological polar surface area (TPSA) is 71.1 Å². The number of hydrogen-bond acceptors (Lipinski definition) is 6. The maximum absolute atomic E-state index is 11.9. The van der Waals surface area contributed by atoms with Gasteiger partial charge in [-0.05, 0) is 55.4 Å². The number of rotatable bonds is 13. The Morgan fingerprint density at radius 3 is 1.92 bits per heavy atom. The molecule has 0 saturated heterocycles. The molecule has 2 aliphatic carbocycles. The molecule has 0 aliphatic heterocycles. The highest BCUT2D eigenvalue weighted by Crippen LogP contribution is 2.64. The first-order valence-corrected chi connectivity index (χ1v) is 13.9. The third kappa shape index (κ3) is 5.18. The smallest absolute Gasteiger partial charge is 0.330 e. The van der Waals surface area contributed by atoms with Crippen molar-refractivity contribution in [3.8, 4) is 11.5 Å². The van der Waals surface area contributed by atoms with Crippen molar-refractivity contribution < 1.29 is 28.5 Å². The molecule has 1 saturated carbocycles. The van der Waals surface area contributed by atoms with Crippen molar-refractivity contribution in [1.29, 1.82) is 0 Å². The van der Waals surface area contributed by atoms with E-state index in [0.717, 1.165) is 41.5 Å². The number of benzene rings is 2. The second-order valence-electron chi connectivity index (χ2n) is 10.3. The van der Waals surface area contributed by atoms with Crippen LogP contribution in [-0.2, 0) is 25.5 Å². The molecular formula is C32H40O6. The van der Waals surface area contributed by atoms with Crippen LogP contribution in [0.2, 0.25) is 0 Å². The monoisotopic (exact) mass is 520 g/mol. The molecule has 5 atom stereocenters. The highest BCUT2D eigenvalue weighted by Gasteiger charge is 2.48. The molecule has 0 spiro atoms. The molecule has 0 N–H and O–H groups in total. The Morgan fingerprint density at radius 2 is 1.42 bits per heavy atom. The average molecular weight is 521 g/mol. The number of fused-ring (bicyclic) bond motifs is 6. The highest BCUT2D eigenvalue weighted by atomic mass is 16.6. The summed E-state index contributed by atoms with van der Waals surface area (Å²) >= 11 is 0. The normalized spacial score (nSPS) is 20.9. The highest BCUT2D eigenvalue weighted by molar-refractivity contribution is 5.99. The second kappa shape index (κ2) is 12.1. The minimum absolute atomic E-state index is 0.273. The molecule has 2 aliphatic rings. The third-order valence-corrected chi connectivity index (χ3v) is 8.22. The maximum Gasteiger partial charge on any atom is 0.330 e. The first-order valence-electron chi connectivity index (χ1n) is 13.9. The van der Waals surface area contributed by atoms with Crippen molar-refractivity contribution in [2.75, 3.05) is 13.2 Å². The Kier molecular flexibility index (Phi) is 8.80. The van der Waals surface area contributed by atoms with Gasteiger partial charge in [-0.25, -0.2) is 9.59 Å². The minimum Gasteiger partial charge on any atom is -0.489 e. The van der Waals surface area contributed by atoms with Crippen molar-refractivity contribution in [1.82, 2.24) is 0 Å². The van der Waals surface area contributed by atoms with Crippen molar-refractivity contribution in [3.63, 3.8) is 0 Å². The fraction of sp³-hybridized carbons (Fsp3) is 0.500. The number of carbonyl (C=O) groups is 2. The fourth-order valence-electron chi connectivity index (χ4n) is 6.15. The molecule has 38 heavy (non-hydrogen) atoms. The van der Waals surface area contributed by atoms with Crippen LogP contribution in [0.3, 0.4) is 0 Å². The van der Waals surface area contributed by atoms with Crippen molar-refractivity contribution in [2.45, 2.75) is 83.8 Å². The van der Waals surface area contributed by atoms with Gasteiger partial charge in [0.25, 0.3) is 0 Å². The van der Waals surface area contributed by atoms with E-state index in [1.54, 1.807) is 0 Å². The van der Waals surface area contributed by atoms with Gasteiger partial charge in [0.05, 0.1) is 0 Å². The summed E-state index contributed by atoms with van der Waals surface area (Å²) < 4.78 is 24.3. The molecule has 0 amide bonds. The predicted octanol–water partition coefficient (Wildman–Crippen LogP) is 6.79. The van der Waals surface area contributed by atoms with Gasteiger partial charge in [-0.2, -0.15) is 0 Å². The number of aryl methyl sites for hydroxylation is 1. The molecule has 2 aromatic carbocycles. The third-order valence-electron chi connectivity index (χ3n) is 8.22. The number of ether oxygens (including phenoxy) is 4. The van der Waals surface area contributed by atoms with Gasteiger partial charge in [0, 0.05) is 34.1 Å². The van der Waals surface area contributed by atoms with Crippen LogP contribution in [0.15, 0.2) is 43.5 Å². The Morgan fingerprint density at radius 1 is 0.895 bits per heavy atom. The van der Waals surface area contributed by atoms with Crippen LogP contribution in [0, 0.1) is 5.92 Å². The predicted molar refractivity (Wildman–Crippen MR) is 149 cm³/mol. The molecule has 2 bridgehead atoms.